The fraction of sp³-hybridized carbons (Fsp3) is 0.400. The van der Waals surface area contributed by atoms with Crippen LogP contribution in [0.1, 0.15) is 17.5 Å². The van der Waals surface area contributed by atoms with Crippen molar-refractivity contribution in [2.75, 3.05) is 13.2 Å². The van der Waals surface area contributed by atoms with Gasteiger partial charge in [-0.25, -0.2) is 0 Å². The Hall–Kier alpha value is -1.06. The van der Waals surface area contributed by atoms with Crippen molar-refractivity contribution in [3.63, 3.8) is 0 Å². The van der Waals surface area contributed by atoms with Gasteiger partial charge >= 0.3 is 162 Å². The van der Waals surface area contributed by atoms with Crippen molar-refractivity contribution in [3.8, 4) is 0 Å². The van der Waals surface area contributed by atoms with Gasteiger partial charge in [0.2, 0.25) is 0 Å². The average molecular weight is 478 g/mol. The molecule has 6 heteroatoms. The van der Waals surface area contributed by atoms with Crippen LogP contribution in [0.15, 0.2) is 54.6 Å². The Morgan fingerprint density at radius 3 is 2.46 bits per heavy atom. The van der Waals surface area contributed by atoms with Crippen molar-refractivity contribution in [2.45, 2.75) is 29.8 Å². The van der Waals surface area contributed by atoms with Gasteiger partial charge in [-0.2, -0.15) is 0 Å². The van der Waals surface area contributed by atoms with Gasteiger partial charge < -0.3 is 0 Å². The molecule has 2 aromatic carbocycles. The van der Waals surface area contributed by atoms with E-state index in [1.54, 1.807) is 12.1 Å². The van der Waals surface area contributed by atoms with E-state index in [0.29, 0.717) is 19.1 Å². The third kappa shape index (κ3) is 5.99. The summed E-state index contributed by atoms with van der Waals surface area (Å²) in [6, 6.07) is 15.7. The Labute approximate surface area is 161 Å². The van der Waals surface area contributed by atoms with Gasteiger partial charge in [-0.1, -0.05) is 0 Å². The van der Waals surface area contributed by atoms with Crippen LogP contribution < -0.4 is 3.61 Å². The summed E-state index contributed by atoms with van der Waals surface area (Å²) in [5.41, 5.74) is 0.574. The molecular weight excluding hydrogens is 457 g/mol. The predicted molar refractivity (Wildman–Crippen MR) is 95.6 cm³/mol. The van der Waals surface area contributed by atoms with E-state index in [9.17, 15) is 13.2 Å². The average Bonchev–Trinajstić information content (AvgIpc) is 3.08. The van der Waals surface area contributed by atoms with Crippen LogP contribution in [0.25, 0.3) is 0 Å². The normalized spacial score (nSPS) is 20.4. The molecule has 3 rings (SSSR count). The zero-order valence-corrected chi connectivity index (χ0v) is 16.6. The first-order valence-electron chi connectivity index (χ1n) is 8.54. The molecule has 0 aromatic heterocycles. The first kappa shape index (κ1) is 19.7. The van der Waals surface area contributed by atoms with Gasteiger partial charge in [0.15, 0.2) is 0 Å². The molecule has 1 aliphatic heterocycles. The second-order valence-electron chi connectivity index (χ2n) is 6.39. The molecule has 0 spiro atoms. The molecule has 0 unspecified atom stereocenters. The molecule has 0 bridgehead atoms. The van der Waals surface area contributed by atoms with Crippen LogP contribution in [0.3, 0.4) is 0 Å². The summed E-state index contributed by atoms with van der Waals surface area (Å²) in [5, 5.41) is 0. The monoisotopic (exact) mass is 480 g/mol. The molecule has 2 atom stereocenters. The van der Waals surface area contributed by atoms with E-state index in [2.05, 4.69) is 0 Å². The maximum absolute atomic E-state index is 12.6. The van der Waals surface area contributed by atoms with Crippen molar-refractivity contribution in [2.24, 2.45) is 5.92 Å². The van der Waals surface area contributed by atoms with Crippen LogP contribution in [-0.2, 0) is 22.3 Å². The molecule has 0 N–H and O–H groups in total. The van der Waals surface area contributed by atoms with Crippen molar-refractivity contribution >= 4 is 24.5 Å². The summed E-state index contributed by atoms with van der Waals surface area (Å²) >= 11 is -0.487. The fourth-order valence-corrected chi connectivity index (χ4v) is 5.67. The van der Waals surface area contributed by atoms with Crippen molar-refractivity contribution < 1.29 is 22.6 Å². The van der Waals surface area contributed by atoms with Crippen LogP contribution in [0.2, 0.25) is 4.47 Å². The van der Waals surface area contributed by atoms with Crippen molar-refractivity contribution in [1.82, 2.24) is 0 Å². The molecule has 1 saturated heterocycles. The summed E-state index contributed by atoms with van der Waals surface area (Å²) in [5.74, 6) is 0.491. The molecule has 2 nitrogen and oxygen atoms in total. The number of alkyl halides is 3. The molecule has 1 heterocycles. The van der Waals surface area contributed by atoms with E-state index in [0.717, 1.165) is 26.7 Å². The van der Waals surface area contributed by atoms with Gasteiger partial charge in [0.1, 0.15) is 0 Å². The van der Waals surface area contributed by atoms with E-state index in [4.69, 9.17) is 9.47 Å². The molecule has 0 amide bonds. The van der Waals surface area contributed by atoms with Crippen molar-refractivity contribution in [3.05, 3.63) is 65.7 Å². The quantitative estimate of drug-likeness (QED) is 0.560. The van der Waals surface area contributed by atoms with Crippen LogP contribution in [0.4, 0.5) is 13.2 Å². The van der Waals surface area contributed by atoms with Crippen LogP contribution >= 0.6 is 0 Å². The Morgan fingerprint density at radius 1 is 1.04 bits per heavy atom. The first-order valence-corrected chi connectivity index (χ1v) is 11.4. The van der Waals surface area contributed by atoms with Gasteiger partial charge in [-0.3, -0.25) is 0 Å². The third-order valence-electron chi connectivity index (χ3n) is 4.25. The van der Waals surface area contributed by atoms with E-state index in [-0.39, 0.29) is 6.10 Å². The summed E-state index contributed by atoms with van der Waals surface area (Å²) in [7, 11) is 0. The summed E-state index contributed by atoms with van der Waals surface area (Å²) in [6.45, 7) is 1.90. The van der Waals surface area contributed by atoms with Crippen LogP contribution in [-0.4, -0.2) is 40.2 Å². The maximum atomic E-state index is 12.6. The van der Waals surface area contributed by atoms with Gasteiger partial charge in [0.25, 0.3) is 0 Å². The number of hydrogen-bond donors (Lipinski definition) is 0. The molecule has 0 saturated carbocycles. The second-order valence-corrected chi connectivity index (χ2v) is 9.51. The third-order valence-corrected chi connectivity index (χ3v) is 7.80. The van der Waals surface area contributed by atoms with Gasteiger partial charge in [-0.15, -0.1) is 0 Å². The van der Waals surface area contributed by atoms with E-state index in [1.807, 2.05) is 30.3 Å². The molecule has 0 aliphatic carbocycles. The fourth-order valence-electron chi connectivity index (χ4n) is 2.85. The standard InChI is InChI=1S/C20H21F3O2Te/c21-20(22,23)17-6-8-19(9-7-17)26-14-16-10-18(25-12-16)13-24-11-15-4-2-1-3-5-15/h1-9,16,18H,10-14H2/t16-,18+/m0/s1. The zero-order chi connectivity index (χ0) is 18.4. The van der Waals surface area contributed by atoms with E-state index < -0.39 is 32.7 Å². The summed E-state index contributed by atoms with van der Waals surface area (Å²) in [6.07, 6.45) is -3.16. The predicted octanol–water partition coefficient (Wildman–Crippen LogP) is 4.08. The topological polar surface area (TPSA) is 18.5 Å². The van der Waals surface area contributed by atoms with Crippen LogP contribution in [0.5, 0.6) is 0 Å². The molecule has 1 fully saturated rings. The summed E-state index contributed by atoms with van der Waals surface area (Å²) in [4.78, 5) is 0. The molecule has 0 radical (unpaired) electrons. The van der Waals surface area contributed by atoms with Crippen LogP contribution in [0, 0.1) is 5.92 Å². The first-order chi connectivity index (χ1) is 12.5. The zero-order valence-electron chi connectivity index (χ0n) is 14.2. The molecule has 2 aromatic rings. The summed E-state index contributed by atoms with van der Waals surface area (Å²) < 4.78 is 51.4. The van der Waals surface area contributed by atoms with E-state index >= 15 is 0 Å². The molecular formula is C20H21F3O2Te. The number of halogens is 3. The van der Waals surface area contributed by atoms with Gasteiger partial charge in [-0.05, 0) is 0 Å². The van der Waals surface area contributed by atoms with E-state index in [1.165, 1.54) is 12.1 Å². The number of rotatable bonds is 7. The second kappa shape index (κ2) is 9.23. The number of ether oxygens (including phenoxy) is 2. The Balaban J connectivity index is 1.36. The minimum absolute atomic E-state index is 0.129. The Morgan fingerprint density at radius 2 is 1.77 bits per heavy atom. The van der Waals surface area contributed by atoms with Gasteiger partial charge in [0.05, 0.1) is 0 Å². The number of benzene rings is 2. The molecule has 140 valence electrons. The molecule has 26 heavy (non-hydrogen) atoms. The number of hydrogen-bond acceptors (Lipinski definition) is 2. The Kier molecular flexibility index (Phi) is 6.99. The minimum atomic E-state index is -4.26. The molecule has 1 aliphatic rings. The van der Waals surface area contributed by atoms with Gasteiger partial charge in [0, 0.05) is 0 Å². The SMILES string of the molecule is FC(F)(F)c1ccc([Te]C[C@@H]2CO[C@@H](COCc3ccccc3)C2)cc1. The Bertz CT molecular complexity index is 674. The van der Waals surface area contributed by atoms with Crippen molar-refractivity contribution in [1.29, 1.82) is 0 Å².